The quantitative estimate of drug-likeness (QED) is 0.392. The van der Waals surface area contributed by atoms with Crippen molar-refractivity contribution in [2.24, 2.45) is 0 Å². The fourth-order valence-electron chi connectivity index (χ4n) is 1.72. The first-order valence-electron chi connectivity index (χ1n) is 2.57. The highest BCUT2D eigenvalue weighted by molar-refractivity contribution is 5.41. The lowest BCUT2D eigenvalue weighted by Gasteiger charge is -1.96. The van der Waals surface area contributed by atoms with Gasteiger partial charge in [-0.3, -0.25) is 0 Å². The van der Waals surface area contributed by atoms with E-state index in [2.05, 4.69) is 0 Å². The highest BCUT2D eigenvalue weighted by Crippen LogP contribution is 2.83. The van der Waals surface area contributed by atoms with E-state index in [1.165, 1.54) is 19.3 Å². The summed E-state index contributed by atoms with van der Waals surface area (Å²) in [5, 5.41) is 0. The first-order valence-corrected chi connectivity index (χ1v) is 2.57. The molecule has 1 aliphatic heterocycles. The van der Waals surface area contributed by atoms with Gasteiger partial charge in [-0.15, -0.1) is 0 Å². The Morgan fingerprint density at radius 2 is 1.67 bits per heavy atom. The third-order valence-electron chi connectivity index (χ3n) is 2.56. The summed E-state index contributed by atoms with van der Waals surface area (Å²) in [5.41, 5.74) is 1.07. The molecule has 2 atom stereocenters. The molecule has 3 rings (SSSR count). The summed E-state index contributed by atoms with van der Waals surface area (Å²) < 4.78 is 5.29. The normalized spacial score (nSPS) is 80.0. The van der Waals surface area contributed by atoms with Crippen molar-refractivity contribution in [1.82, 2.24) is 0 Å². The molecule has 0 aromatic rings. The number of ether oxygens (including phenoxy) is 1. The Morgan fingerprint density at radius 1 is 1.17 bits per heavy atom. The lowest BCUT2D eigenvalue weighted by Crippen LogP contribution is -2.04. The largest absolute Gasteiger partial charge is 0.362 e. The van der Waals surface area contributed by atoms with Crippen molar-refractivity contribution in [2.75, 3.05) is 0 Å². The molecule has 3 aliphatic rings. The Kier molecular flexibility index (Phi) is 0.118. The van der Waals surface area contributed by atoms with E-state index in [4.69, 9.17) is 4.74 Å². The number of hydrogen-bond donors (Lipinski definition) is 0. The molecule has 1 heterocycles. The Labute approximate surface area is 36.3 Å². The van der Waals surface area contributed by atoms with Crippen molar-refractivity contribution >= 4 is 0 Å². The molecule has 2 unspecified atom stereocenters. The average Bonchev–Trinajstić information content (AvgIpc) is 1.73. The predicted octanol–water partition coefficient (Wildman–Crippen LogP) is 0.692. The number of epoxide rings is 1. The van der Waals surface area contributed by atoms with E-state index in [-0.39, 0.29) is 0 Å². The number of hydrogen-bond acceptors (Lipinski definition) is 1. The molecule has 3 fully saturated rings. The van der Waals surface area contributed by atoms with Gasteiger partial charge in [-0.2, -0.15) is 0 Å². The van der Waals surface area contributed by atoms with E-state index < -0.39 is 0 Å². The maximum absolute atomic E-state index is 5.29. The van der Waals surface area contributed by atoms with Gasteiger partial charge in [0.05, 0.1) is 0 Å². The van der Waals surface area contributed by atoms with Crippen molar-refractivity contribution < 1.29 is 4.74 Å². The second-order valence-electron chi connectivity index (χ2n) is 2.77. The minimum Gasteiger partial charge on any atom is -0.362 e. The van der Waals surface area contributed by atoms with Gasteiger partial charge in [0.25, 0.3) is 0 Å². The maximum atomic E-state index is 5.29. The standard InChI is InChI=1S/C5H6O/c1-2-5-3-4(1,5)6-5/h1-3H2. The van der Waals surface area contributed by atoms with Gasteiger partial charge in [0.2, 0.25) is 0 Å². The van der Waals surface area contributed by atoms with Crippen molar-refractivity contribution in [1.29, 1.82) is 0 Å². The Bertz CT molecular complexity index is 96.9. The summed E-state index contributed by atoms with van der Waals surface area (Å²) in [4.78, 5) is 0. The molecule has 32 valence electrons. The molecule has 0 N–H and O–H groups in total. The first kappa shape index (κ1) is 2.31. The van der Waals surface area contributed by atoms with Gasteiger partial charge in [-0.25, -0.2) is 0 Å². The summed E-state index contributed by atoms with van der Waals surface area (Å²) in [6, 6.07) is 0. The Balaban J connectivity index is 2.32. The summed E-state index contributed by atoms with van der Waals surface area (Å²) in [6.07, 6.45) is 4.14. The van der Waals surface area contributed by atoms with Crippen molar-refractivity contribution in [3.8, 4) is 0 Å². The second-order valence-corrected chi connectivity index (χ2v) is 2.77. The van der Waals surface area contributed by atoms with Crippen LogP contribution < -0.4 is 0 Å². The Hall–Kier alpha value is -0.0400. The SMILES string of the molecule is C1CC23CC12O3. The smallest absolute Gasteiger partial charge is 0.101 e. The van der Waals surface area contributed by atoms with Gasteiger partial charge in [0, 0.05) is 6.42 Å². The van der Waals surface area contributed by atoms with Crippen LogP contribution in [0.5, 0.6) is 0 Å². The second kappa shape index (κ2) is 0.305. The molecule has 2 saturated carbocycles. The van der Waals surface area contributed by atoms with Crippen LogP contribution >= 0.6 is 0 Å². The minimum absolute atomic E-state index is 0.535. The van der Waals surface area contributed by atoms with E-state index in [9.17, 15) is 0 Å². The van der Waals surface area contributed by atoms with E-state index >= 15 is 0 Å². The molecule has 1 heteroatoms. The van der Waals surface area contributed by atoms with Crippen molar-refractivity contribution in [2.45, 2.75) is 30.5 Å². The molecular weight excluding hydrogens is 76.1 g/mol. The molecule has 0 bridgehead atoms. The van der Waals surface area contributed by atoms with Crippen molar-refractivity contribution in [3.63, 3.8) is 0 Å². The summed E-state index contributed by atoms with van der Waals surface area (Å²) in [5.74, 6) is 0. The summed E-state index contributed by atoms with van der Waals surface area (Å²) in [6.45, 7) is 0. The summed E-state index contributed by atoms with van der Waals surface area (Å²) >= 11 is 0. The van der Waals surface area contributed by atoms with Gasteiger partial charge in [0.15, 0.2) is 0 Å². The maximum Gasteiger partial charge on any atom is 0.101 e. The minimum atomic E-state index is 0.535. The highest BCUT2D eigenvalue weighted by atomic mass is 16.7. The third kappa shape index (κ3) is 0.0604. The van der Waals surface area contributed by atoms with Crippen LogP contribution in [-0.4, -0.2) is 11.2 Å². The van der Waals surface area contributed by atoms with Crippen LogP contribution in [0, 0.1) is 0 Å². The lowest BCUT2D eigenvalue weighted by atomic mass is 10.0. The zero-order valence-electron chi connectivity index (χ0n) is 3.53. The van der Waals surface area contributed by atoms with E-state index in [0.717, 1.165) is 0 Å². The third-order valence-corrected chi connectivity index (χ3v) is 2.56. The van der Waals surface area contributed by atoms with Crippen LogP contribution in [-0.2, 0) is 4.74 Å². The highest BCUT2D eigenvalue weighted by Gasteiger charge is 2.92. The fourth-order valence-corrected chi connectivity index (χ4v) is 1.72. The topological polar surface area (TPSA) is 12.5 Å². The molecule has 0 radical (unpaired) electrons. The molecule has 6 heavy (non-hydrogen) atoms. The molecule has 0 spiro atoms. The van der Waals surface area contributed by atoms with Crippen LogP contribution in [0.2, 0.25) is 0 Å². The van der Waals surface area contributed by atoms with Crippen LogP contribution in [0.1, 0.15) is 19.3 Å². The van der Waals surface area contributed by atoms with Crippen molar-refractivity contribution in [3.05, 3.63) is 0 Å². The number of rotatable bonds is 0. The zero-order valence-corrected chi connectivity index (χ0v) is 3.53. The summed E-state index contributed by atoms with van der Waals surface area (Å²) in [7, 11) is 0. The van der Waals surface area contributed by atoms with E-state index in [0.29, 0.717) is 11.2 Å². The van der Waals surface area contributed by atoms with Gasteiger partial charge in [0.1, 0.15) is 11.2 Å². The monoisotopic (exact) mass is 82.0 g/mol. The predicted molar refractivity (Wildman–Crippen MR) is 20.4 cm³/mol. The van der Waals surface area contributed by atoms with Gasteiger partial charge in [-0.05, 0) is 12.8 Å². The average molecular weight is 82.1 g/mol. The zero-order chi connectivity index (χ0) is 3.83. The van der Waals surface area contributed by atoms with E-state index in [1.54, 1.807) is 0 Å². The van der Waals surface area contributed by atoms with Crippen LogP contribution in [0.4, 0.5) is 0 Å². The first-order chi connectivity index (χ1) is 2.87. The van der Waals surface area contributed by atoms with Crippen LogP contribution in [0.15, 0.2) is 0 Å². The molecule has 2 aliphatic carbocycles. The van der Waals surface area contributed by atoms with Gasteiger partial charge < -0.3 is 4.74 Å². The molecule has 0 aromatic heterocycles. The Morgan fingerprint density at radius 3 is 1.67 bits per heavy atom. The molecule has 1 nitrogen and oxygen atoms in total. The van der Waals surface area contributed by atoms with E-state index in [1.807, 2.05) is 0 Å². The lowest BCUT2D eigenvalue weighted by molar-refractivity contribution is 0.225. The van der Waals surface area contributed by atoms with Crippen LogP contribution in [0.3, 0.4) is 0 Å². The fraction of sp³-hybridized carbons (Fsp3) is 1.00. The molecular formula is C5H6O. The van der Waals surface area contributed by atoms with Gasteiger partial charge >= 0.3 is 0 Å². The van der Waals surface area contributed by atoms with Crippen LogP contribution in [0.25, 0.3) is 0 Å². The molecule has 1 saturated heterocycles. The van der Waals surface area contributed by atoms with Gasteiger partial charge in [-0.1, -0.05) is 0 Å². The molecule has 0 amide bonds. The molecule has 0 aromatic carbocycles.